The fourth-order valence-corrected chi connectivity index (χ4v) is 3.65. The Bertz CT molecular complexity index is 963. The molecule has 160 valence electrons. The zero-order valence-electron chi connectivity index (χ0n) is 16.8. The van der Waals surface area contributed by atoms with Crippen LogP contribution in [0.15, 0.2) is 53.9 Å². The first-order valence-corrected chi connectivity index (χ1v) is 10.2. The lowest BCUT2D eigenvalue weighted by Gasteiger charge is -2.24. The van der Waals surface area contributed by atoms with Crippen molar-refractivity contribution < 1.29 is 13.6 Å². The molecule has 2 aromatic carbocycles. The lowest BCUT2D eigenvalue weighted by Crippen LogP contribution is -2.37. The number of aromatic nitrogens is 1. The van der Waals surface area contributed by atoms with Crippen molar-refractivity contribution in [2.75, 3.05) is 27.2 Å². The van der Waals surface area contributed by atoms with Crippen molar-refractivity contribution in [3.63, 3.8) is 0 Å². The van der Waals surface area contributed by atoms with Crippen LogP contribution in [-0.4, -0.2) is 47.9 Å². The van der Waals surface area contributed by atoms with Gasteiger partial charge in [-0.1, -0.05) is 24.3 Å². The van der Waals surface area contributed by atoms with Gasteiger partial charge >= 0.3 is 0 Å². The van der Waals surface area contributed by atoms with Gasteiger partial charge in [0.15, 0.2) is 0 Å². The summed E-state index contributed by atoms with van der Waals surface area (Å²) in [4.78, 5) is 21.2. The Morgan fingerprint density at radius 1 is 1.03 bits per heavy atom. The van der Waals surface area contributed by atoms with Gasteiger partial charge in [-0.05, 0) is 43.9 Å². The van der Waals surface area contributed by atoms with E-state index in [1.807, 2.05) is 24.4 Å². The van der Waals surface area contributed by atoms with Gasteiger partial charge in [-0.25, -0.2) is 13.8 Å². The molecule has 0 aliphatic carbocycles. The van der Waals surface area contributed by atoms with Gasteiger partial charge in [0.05, 0.1) is 12.1 Å². The third-order valence-corrected chi connectivity index (χ3v) is 5.35. The van der Waals surface area contributed by atoms with E-state index in [0.717, 1.165) is 12.1 Å². The topological polar surface area (TPSA) is 36.4 Å². The maximum Gasteiger partial charge on any atom is 0.228 e. The lowest BCUT2D eigenvalue weighted by molar-refractivity contribution is -0.131. The average Bonchev–Trinajstić information content (AvgIpc) is 3.15. The molecule has 0 spiro atoms. The van der Waals surface area contributed by atoms with Crippen LogP contribution in [0.3, 0.4) is 0 Å². The second-order valence-corrected chi connectivity index (χ2v) is 7.93. The largest absolute Gasteiger partial charge is 0.337 e. The first kappa shape index (κ1) is 23.9. The Morgan fingerprint density at radius 2 is 1.77 bits per heavy atom. The van der Waals surface area contributed by atoms with Gasteiger partial charge in [0.1, 0.15) is 16.6 Å². The van der Waals surface area contributed by atoms with E-state index in [2.05, 4.69) is 4.98 Å². The van der Waals surface area contributed by atoms with Gasteiger partial charge in [0.25, 0.3) is 0 Å². The van der Waals surface area contributed by atoms with E-state index in [1.165, 1.54) is 35.6 Å². The smallest absolute Gasteiger partial charge is 0.228 e. The van der Waals surface area contributed by atoms with Gasteiger partial charge in [-0.15, -0.1) is 23.7 Å². The van der Waals surface area contributed by atoms with E-state index in [-0.39, 0.29) is 36.4 Å². The van der Waals surface area contributed by atoms with E-state index in [1.54, 1.807) is 29.2 Å². The summed E-state index contributed by atoms with van der Waals surface area (Å²) in [6.07, 6.45) is 0.167. The Kier molecular flexibility index (Phi) is 8.89. The summed E-state index contributed by atoms with van der Waals surface area (Å²) < 4.78 is 26.6. The Labute approximate surface area is 185 Å². The summed E-state index contributed by atoms with van der Waals surface area (Å²) in [5.41, 5.74) is 2.23. The Hall–Kier alpha value is -2.35. The number of hydrogen-bond donors (Lipinski definition) is 0. The molecule has 0 N–H and O–H groups in total. The quantitative estimate of drug-likeness (QED) is 0.500. The van der Waals surface area contributed by atoms with Gasteiger partial charge in [-0.3, -0.25) is 4.79 Å². The molecule has 3 rings (SSSR count). The average molecular weight is 452 g/mol. The first-order valence-electron chi connectivity index (χ1n) is 9.28. The van der Waals surface area contributed by atoms with Gasteiger partial charge in [0, 0.05) is 30.6 Å². The summed E-state index contributed by atoms with van der Waals surface area (Å²) in [5.74, 6) is -0.663. The number of benzene rings is 2. The van der Waals surface area contributed by atoms with Crippen LogP contribution >= 0.6 is 23.7 Å². The molecule has 30 heavy (non-hydrogen) atoms. The Balaban J connectivity index is 0.00000320. The molecule has 3 aromatic rings. The second kappa shape index (κ2) is 11.2. The summed E-state index contributed by atoms with van der Waals surface area (Å²) in [5, 5.41) is 2.52. The Morgan fingerprint density at radius 3 is 2.43 bits per heavy atom. The molecular formula is C22H24ClF2N3OS. The van der Waals surface area contributed by atoms with Crippen molar-refractivity contribution in [3.05, 3.63) is 76.8 Å². The van der Waals surface area contributed by atoms with Crippen molar-refractivity contribution in [3.8, 4) is 10.6 Å². The highest BCUT2D eigenvalue weighted by Gasteiger charge is 2.17. The van der Waals surface area contributed by atoms with Crippen LogP contribution in [0, 0.1) is 11.6 Å². The predicted molar refractivity (Wildman–Crippen MR) is 119 cm³/mol. The minimum atomic E-state index is -0.315. The molecule has 4 nitrogen and oxygen atoms in total. The molecule has 0 bridgehead atoms. The van der Waals surface area contributed by atoms with Crippen molar-refractivity contribution >= 4 is 29.7 Å². The summed E-state index contributed by atoms with van der Waals surface area (Å²) >= 11 is 1.39. The fraction of sp³-hybridized carbons (Fsp3) is 0.273. The summed E-state index contributed by atoms with van der Waals surface area (Å²) in [7, 11) is 3.90. The summed E-state index contributed by atoms with van der Waals surface area (Å²) in [6, 6.07) is 12.4. The van der Waals surface area contributed by atoms with E-state index in [4.69, 9.17) is 0 Å². The number of carbonyl (C=O) groups excluding carboxylic acids is 1. The molecule has 1 heterocycles. The number of halogens is 3. The molecule has 0 unspecified atom stereocenters. The molecule has 0 saturated carbocycles. The maximum absolute atomic E-state index is 13.4. The predicted octanol–water partition coefficient (Wildman–Crippen LogP) is 4.64. The number of thiazole rings is 1. The van der Waals surface area contributed by atoms with Gasteiger partial charge < -0.3 is 9.80 Å². The molecule has 0 aliphatic rings. The molecule has 0 radical (unpaired) electrons. The number of carbonyl (C=O) groups is 1. The number of nitrogens with zero attached hydrogens (tertiary/aromatic N) is 3. The van der Waals surface area contributed by atoms with E-state index >= 15 is 0 Å². The van der Waals surface area contributed by atoms with Crippen molar-refractivity contribution in [2.24, 2.45) is 0 Å². The van der Waals surface area contributed by atoms with E-state index in [0.29, 0.717) is 29.4 Å². The highest BCUT2D eigenvalue weighted by atomic mass is 35.5. The van der Waals surface area contributed by atoms with Crippen molar-refractivity contribution in [1.29, 1.82) is 0 Å². The highest BCUT2D eigenvalue weighted by Crippen LogP contribution is 2.24. The fourth-order valence-electron chi connectivity index (χ4n) is 2.83. The maximum atomic E-state index is 13.4. The molecule has 8 heteroatoms. The van der Waals surface area contributed by atoms with Crippen LogP contribution in [0.4, 0.5) is 8.78 Å². The standard InChI is InChI=1S/C22H23F2N3OS.ClH/c1-26(2)10-11-27(14-16-6-8-18(23)9-7-16)21(28)13-20-15-29-22(25-20)17-4-3-5-19(24)12-17;/h3-9,12,15H,10-11,13-14H2,1-2H3;1H. The molecule has 1 aromatic heterocycles. The van der Waals surface area contributed by atoms with Crippen LogP contribution in [0.2, 0.25) is 0 Å². The zero-order chi connectivity index (χ0) is 20.8. The van der Waals surface area contributed by atoms with Gasteiger partial charge in [-0.2, -0.15) is 0 Å². The highest BCUT2D eigenvalue weighted by molar-refractivity contribution is 7.13. The van der Waals surface area contributed by atoms with Crippen LogP contribution in [0.25, 0.3) is 10.6 Å². The molecule has 0 atom stereocenters. The number of amides is 1. The van der Waals surface area contributed by atoms with Crippen molar-refractivity contribution in [1.82, 2.24) is 14.8 Å². The van der Waals surface area contributed by atoms with E-state index < -0.39 is 0 Å². The third-order valence-electron chi connectivity index (χ3n) is 4.41. The number of hydrogen-bond acceptors (Lipinski definition) is 4. The SMILES string of the molecule is CN(C)CCN(Cc1ccc(F)cc1)C(=O)Cc1csc(-c2cccc(F)c2)n1.Cl. The number of rotatable bonds is 8. The molecule has 0 fully saturated rings. The minimum Gasteiger partial charge on any atom is -0.337 e. The summed E-state index contributed by atoms with van der Waals surface area (Å²) in [6.45, 7) is 1.69. The monoisotopic (exact) mass is 451 g/mol. The number of likely N-dealkylation sites (N-methyl/N-ethyl adjacent to an activating group) is 1. The second-order valence-electron chi connectivity index (χ2n) is 7.08. The van der Waals surface area contributed by atoms with Gasteiger partial charge in [0.2, 0.25) is 5.91 Å². The van der Waals surface area contributed by atoms with Crippen LogP contribution in [0.5, 0.6) is 0 Å². The van der Waals surface area contributed by atoms with Crippen LogP contribution in [0.1, 0.15) is 11.3 Å². The molecular weight excluding hydrogens is 428 g/mol. The van der Waals surface area contributed by atoms with Crippen molar-refractivity contribution in [2.45, 2.75) is 13.0 Å². The molecule has 1 amide bonds. The molecule has 0 aliphatic heterocycles. The minimum absolute atomic E-state index is 0. The third kappa shape index (κ3) is 6.86. The van der Waals surface area contributed by atoms with Crippen LogP contribution in [-0.2, 0) is 17.8 Å². The van der Waals surface area contributed by atoms with Crippen LogP contribution < -0.4 is 0 Å². The normalized spacial score (nSPS) is 10.7. The zero-order valence-corrected chi connectivity index (χ0v) is 18.5. The molecule has 0 saturated heterocycles. The first-order chi connectivity index (χ1) is 13.9. The lowest BCUT2D eigenvalue weighted by atomic mass is 10.2. The van der Waals surface area contributed by atoms with E-state index in [9.17, 15) is 13.6 Å².